The Morgan fingerprint density at radius 1 is 1.33 bits per heavy atom. The molecular weight excluding hydrogens is 440 g/mol. The maximum Gasteiger partial charge on any atom is 0.316 e. The summed E-state index contributed by atoms with van der Waals surface area (Å²) < 4.78 is 6.23. The van der Waals surface area contributed by atoms with E-state index in [1.165, 1.54) is 11.8 Å². The normalized spacial score (nSPS) is 43.0. The molecule has 184 valence electrons. The number of aromatic nitrogens is 3. The van der Waals surface area contributed by atoms with Gasteiger partial charge in [0, 0.05) is 17.8 Å². The second-order valence-electron chi connectivity index (χ2n) is 11.2. The molecule has 9 heteroatoms. The molecule has 3 fully saturated rings. The van der Waals surface area contributed by atoms with Gasteiger partial charge in [0.2, 0.25) is 11.1 Å². The molecule has 3 saturated carbocycles. The Labute approximate surface area is 200 Å². The van der Waals surface area contributed by atoms with Gasteiger partial charge in [0.15, 0.2) is 0 Å². The number of esters is 1. The maximum atomic E-state index is 13.4. The molecule has 0 aliphatic heterocycles. The van der Waals surface area contributed by atoms with E-state index in [9.17, 15) is 14.7 Å². The minimum atomic E-state index is -0.555. The lowest BCUT2D eigenvalue weighted by molar-refractivity contribution is -0.211. The number of aliphatic hydroxyl groups excluding tert-OH is 1. The fourth-order valence-corrected chi connectivity index (χ4v) is 7.93. The number of carbonyl (C=O) groups is 2. The van der Waals surface area contributed by atoms with Crippen molar-refractivity contribution in [1.29, 1.82) is 0 Å². The van der Waals surface area contributed by atoms with Crippen molar-refractivity contribution < 1.29 is 19.4 Å². The lowest BCUT2D eigenvalue weighted by Crippen LogP contribution is -2.63. The third kappa shape index (κ3) is 3.79. The van der Waals surface area contributed by atoms with E-state index in [-0.39, 0.29) is 46.6 Å². The summed E-state index contributed by atoms with van der Waals surface area (Å²) in [6, 6.07) is 0. The summed E-state index contributed by atoms with van der Waals surface area (Å²) in [6.45, 7) is 10.7. The van der Waals surface area contributed by atoms with Gasteiger partial charge in [-0.15, -0.1) is 5.10 Å². The lowest BCUT2D eigenvalue weighted by atomic mass is 9.43. The Balaban J connectivity index is 1.69. The number of nitrogens with two attached hydrogens (primary N) is 1. The monoisotopic (exact) mass is 478 g/mol. The van der Waals surface area contributed by atoms with Gasteiger partial charge in [-0.1, -0.05) is 46.4 Å². The van der Waals surface area contributed by atoms with Crippen LogP contribution in [0.25, 0.3) is 0 Å². The molecule has 0 saturated heterocycles. The number of ether oxygens (including phenoxy) is 1. The Bertz CT molecular complexity index is 924. The van der Waals surface area contributed by atoms with Crippen molar-refractivity contribution in [1.82, 2.24) is 15.2 Å². The van der Waals surface area contributed by atoms with Crippen molar-refractivity contribution in [2.24, 2.45) is 34.0 Å². The molecule has 4 N–H and O–H groups in total. The number of carbonyl (C=O) groups excluding carboxylic acids is 2. The van der Waals surface area contributed by atoms with Crippen molar-refractivity contribution in [3.05, 3.63) is 0 Å². The van der Waals surface area contributed by atoms with Crippen LogP contribution in [-0.4, -0.2) is 50.0 Å². The Morgan fingerprint density at radius 2 is 2.06 bits per heavy atom. The van der Waals surface area contributed by atoms with E-state index in [0.29, 0.717) is 18.0 Å². The first kappa shape index (κ1) is 24.5. The Hall–Kier alpha value is -1.61. The van der Waals surface area contributed by atoms with Crippen LogP contribution in [0.2, 0.25) is 0 Å². The van der Waals surface area contributed by atoms with Crippen LogP contribution in [0, 0.1) is 34.0 Å². The molecule has 0 spiro atoms. The van der Waals surface area contributed by atoms with Crippen LogP contribution < -0.4 is 5.73 Å². The van der Waals surface area contributed by atoms with Gasteiger partial charge in [-0.05, 0) is 54.8 Å². The van der Waals surface area contributed by atoms with Gasteiger partial charge in [-0.3, -0.25) is 9.59 Å². The summed E-state index contributed by atoms with van der Waals surface area (Å²) in [6.07, 6.45) is 3.60. The van der Waals surface area contributed by atoms with Gasteiger partial charge in [-0.25, -0.2) is 5.10 Å². The molecule has 0 radical (unpaired) electrons. The number of hydrogen-bond donors (Lipinski definition) is 3. The van der Waals surface area contributed by atoms with E-state index in [2.05, 4.69) is 49.8 Å². The van der Waals surface area contributed by atoms with Crippen LogP contribution in [-0.2, 0) is 14.3 Å². The molecule has 3 aliphatic rings. The zero-order valence-electron chi connectivity index (χ0n) is 20.4. The van der Waals surface area contributed by atoms with Crippen molar-refractivity contribution >= 4 is 29.5 Å². The van der Waals surface area contributed by atoms with Crippen molar-refractivity contribution in [2.45, 2.75) is 90.5 Å². The van der Waals surface area contributed by atoms with Gasteiger partial charge >= 0.3 is 5.97 Å². The molecular formula is C24H38N4O4S. The summed E-state index contributed by atoms with van der Waals surface area (Å²) in [4.78, 5) is 30.5. The third-order valence-corrected chi connectivity index (χ3v) is 10.6. The van der Waals surface area contributed by atoms with E-state index in [1.54, 1.807) is 0 Å². The van der Waals surface area contributed by atoms with Crippen molar-refractivity contribution in [3.63, 3.8) is 0 Å². The SMILES string of the molecule is CC[C@]1(C)C[C@@H](OC(=O)CSc2n[nH]c(N)n2)[C@]2(C)C(C)CC[C@]3(CCC(=O)[C@H]32)[C@@H](C)[C@@H]1O. The number of ketones is 1. The van der Waals surface area contributed by atoms with Gasteiger partial charge < -0.3 is 15.6 Å². The molecule has 1 aromatic rings. The largest absolute Gasteiger partial charge is 0.461 e. The number of Topliss-reactive ketones (excluding diaryl/α,β-unsaturated/α-hetero) is 1. The molecule has 8 atom stereocenters. The number of anilines is 1. The van der Waals surface area contributed by atoms with Gasteiger partial charge in [0.05, 0.1) is 11.9 Å². The fourth-order valence-electron chi connectivity index (χ4n) is 7.35. The number of nitrogens with zero attached hydrogens (tertiary/aromatic N) is 2. The molecule has 8 nitrogen and oxygen atoms in total. The predicted octanol–water partition coefficient (Wildman–Crippen LogP) is 3.61. The van der Waals surface area contributed by atoms with E-state index in [0.717, 1.165) is 25.7 Å². The van der Waals surface area contributed by atoms with Crippen LogP contribution in [0.15, 0.2) is 5.16 Å². The molecule has 0 aromatic carbocycles. The zero-order chi connectivity index (χ0) is 24.2. The van der Waals surface area contributed by atoms with Crippen LogP contribution in [0.5, 0.6) is 0 Å². The molecule has 4 rings (SSSR count). The first-order valence-electron chi connectivity index (χ1n) is 12.2. The molecule has 1 aromatic heterocycles. The minimum Gasteiger partial charge on any atom is -0.461 e. The number of aromatic amines is 1. The summed E-state index contributed by atoms with van der Waals surface area (Å²) in [5.41, 5.74) is 4.47. The highest BCUT2D eigenvalue weighted by Gasteiger charge is 2.68. The number of aliphatic hydroxyl groups is 1. The van der Waals surface area contributed by atoms with Crippen molar-refractivity contribution in [2.75, 3.05) is 11.5 Å². The number of nitrogen functional groups attached to an aromatic ring is 1. The lowest BCUT2D eigenvalue weighted by Gasteiger charge is -2.62. The number of hydrogen-bond acceptors (Lipinski definition) is 8. The van der Waals surface area contributed by atoms with Crippen LogP contribution >= 0.6 is 11.8 Å². The Kier molecular flexibility index (Phi) is 6.36. The summed E-state index contributed by atoms with van der Waals surface area (Å²) in [7, 11) is 0. The molecule has 33 heavy (non-hydrogen) atoms. The van der Waals surface area contributed by atoms with Gasteiger partial charge in [-0.2, -0.15) is 4.98 Å². The van der Waals surface area contributed by atoms with Crippen molar-refractivity contribution in [3.8, 4) is 0 Å². The smallest absolute Gasteiger partial charge is 0.316 e. The number of H-pyrrole nitrogens is 1. The minimum absolute atomic E-state index is 0.0223. The predicted molar refractivity (Wildman–Crippen MR) is 126 cm³/mol. The summed E-state index contributed by atoms with van der Waals surface area (Å²) in [5, 5.41) is 18.5. The second-order valence-corrected chi connectivity index (χ2v) is 12.1. The molecule has 2 bridgehead atoms. The first-order chi connectivity index (χ1) is 15.5. The molecule has 3 aliphatic carbocycles. The molecule has 1 heterocycles. The maximum absolute atomic E-state index is 13.4. The highest BCUT2D eigenvalue weighted by Crippen LogP contribution is 2.68. The zero-order valence-corrected chi connectivity index (χ0v) is 21.2. The van der Waals surface area contributed by atoms with Crippen LogP contribution in [0.1, 0.15) is 73.1 Å². The van der Waals surface area contributed by atoms with Gasteiger partial charge in [0.1, 0.15) is 11.9 Å². The van der Waals surface area contributed by atoms with E-state index < -0.39 is 23.0 Å². The van der Waals surface area contributed by atoms with E-state index in [1.807, 2.05) is 0 Å². The molecule has 0 amide bonds. The van der Waals surface area contributed by atoms with Crippen LogP contribution in [0.4, 0.5) is 5.95 Å². The third-order valence-electron chi connectivity index (χ3n) is 9.78. The highest BCUT2D eigenvalue weighted by molar-refractivity contribution is 7.99. The average Bonchev–Trinajstić information content (AvgIpc) is 3.36. The topological polar surface area (TPSA) is 131 Å². The van der Waals surface area contributed by atoms with E-state index >= 15 is 0 Å². The average molecular weight is 479 g/mol. The fraction of sp³-hybridized carbons (Fsp3) is 0.833. The van der Waals surface area contributed by atoms with Gasteiger partial charge in [0.25, 0.3) is 0 Å². The Morgan fingerprint density at radius 3 is 2.70 bits per heavy atom. The quantitative estimate of drug-likeness (QED) is 0.432. The first-order valence-corrected chi connectivity index (χ1v) is 13.2. The number of rotatable bonds is 5. The standard InChI is InChI=1S/C24H38N4O4S/c1-6-22(4)11-16(32-17(30)12-33-21-26-20(25)27-28-21)23(5)13(2)7-9-24(14(3)19(22)31)10-8-15(29)18(23)24/h13-14,16,18-19,31H,6-12H2,1-5H3,(H3,25,26,27,28)/t13?,14-,16+,18-,19-,22+,23-,24-/m0/s1. The van der Waals surface area contributed by atoms with E-state index in [4.69, 9.17) is 10.5 Å². The second kappa shape index (κ2) is 8.56. The molecule has 1 unspecified atom stereocenters. The highest BCUT2D eigenvalue weighted by atomic mass is 32.2. The van der Waals surface area contributed by atoms with Crippen LogP contribution in [0.3, 0.4) is 0 Å². The number of nitrogens with one attached hydrogen (secondary N) is 1. The number of thioether (sulfide) groups is 1. The summed E-state index contributed by atoms with van der Waals surface area (Å²) in [5.74, 6) is 0.239. The summed E-state index contributed by atoms with van der Waals surface area (Å²) >= 11 is 1.17.